The molecule has 1 aromatic heterocycles. The van der Waals surface area contributed by atoms with Gasteiger partial charge in [-0.15, -0.1) is 0 Å². The molecule has 5 heteroatoms. The molecular weight excluding hydrogens is 360 g/mol. The van der Waals surface area contributed by atoms with Crippen LogP contribution in [0.2, 0.25) is 0 Å². The second kappa shape index (κ2) is 8.28. The Labute approximate surface area is 172 Å². The Morgan fingerprint density at radius 1 is 1.24 bits per heavy atom. The van der Waals surface area contributed by atoms with E-state index in [0.29, 0.717) is 6.04 Å². The summed E-state index contributed by atoms with van der Waals surface area (Å²) in [5, 5.41) is 13.9. The number of fused-ring (bicyclic) bond motifs is 1. The van der Waals surface area contributed by atoms with E-state index in [1.54, 1.807) is 13.3 Å². The van der Waals surface area contributed by atoms with Gasteiger partial charge < -0.3 is 15.0 Å². The maximum atomic E-state index is 9.30. The molecule has 29 heavy (non-hydrogen) atoms. The second-order valence-electron chi connectivity index (χ2n) is 8.03. The van der Waals surface area contributed by atoms with E-state index in [1.807, 2.05) is 6.07 Å². The van der Waals surface area contributed by atoms with E-state index >= 15 is 0 Å². The standard InChI is InChI=1S/C24H29N4O/c1-18-16-26-10-12-28(18,21-6-3-7-22(14-21)29-2)11-4-5-19-8-9-24-23(13-19)20(15-25)17-27-24/h3,6-9,13-14,17-18,26-27H,4-5,10-12,16H2,1-2H3/q+1. The van der Waals surface area contributed by atoms with Gasteiger partial charge in [-0.2, -0.15) is 5.26 Å². The molecule has 3 aromatic rings. The fourth-order valence-corrected chi connectivity index (χ4v) is 4.70. The summed E-state index contributed by atoms with van der Waals surface area (Å²) in [7, 11) is 1.73. The van der Waals surface area contributed by atoms with Crippen LogP contribution in [0.25, 0.3) is 10.9 Å². The maximum absolute atomic E-state index is 9.30. The van der Waals surface area contributed by atoms with E-state index in [0.717, 1.165) is 65.7 Å². The van der Waals surface area contributed by atoms with Crippen LogP contribution in [0, 0.1) is 11.3 Å². The molecule has 1 fully saturated rings. The molecule has 4 rings (SSSR count). The molecule has 0 bridgehead atoms. The van der Waals surface area contributed by atoms with Crippen LogP contribution in [0.15, 0.2) is 48.7 Å². The number of aromatic amines is 1. The molecule has 2 unspecified atom stereocenters. The lowest BCUT2D eigenvalue weighted by Crippen LogP contribution is -2.65. The normalized spacial score (nSPS) is 21.8. The van der Waals surface area contributed by atoms with Gasteiger partial charge in [0, 0.05) is 42.7 Å². The predicted octanol–water partition coefficient (Wildman–Crippen LogP) is 3.98. The average Bonchev–Trinajstić information content (AvgIpc) is 3.17. The molecular formula is C24H29N4O+. The lowest BCUT2D eigenvalue weighted by Gasteiger charge is -2.46. The minimum atomic E-state index is 0.508. The summed E-state index contributed by atoms with van der Waals surface area (Å²) in [6, 6.07) is 17.8. The van der Waals surface area contributed by atoms with Crippen LogP contribution in [0.1, 0.15) is 24.5 Å². The van der Waals surface area contributed by atoms with Gasteiger partial charge in [-0.05, 0) is 43.2 Å². The fraction of sp³-hybridized carbons (Fsp3) is 0.375. The van der Waals surface area contributed by atoms with E-state index in [9.17, 15) is 5.26 Å². The summed E-state index contributed by atoms with van der Waals surface area (Å²) in [5.41, 5.74) is 4.38. The second-order valence-corrected chi connectivity index (χ2v) is 8.03. The van der Waals surface area contributed by atoms with E-state index in [2.05, 4.69) is 59.7 Å². The first-order chi connectivity index (χ1) is 14.2. The highest BCUT2D eigenvalue weighted by Gasteiger charge is 2.38. The predicted molar refractivity (Wildman–Crippen MR) is 118 cm³/mol. The molecule has 150 valence electrons. The van der Waals surface area contributed by atoms with Crippen LogP contribution in [-0.2, 0) is 6.42 Å². The highest BCUT2D eigenvalue weighted by molar-refractivity contribution is 5.86. The number of hydrogen-bond donors (Lipinski definition) is 2. The van der Waals surface area contributed by atoms with E-state index in [-0.39, 0.29) is 0 Å². The summed E-state index contributed by atoms with van der Waals surface area (Å²) >= 11 is 0. The van der Waals surface area contributed by atoms with Gasteiger partial charge in [-0.1, -0.05) is 12.1 Å². The van der Waals surface area contributed by atoms with Gasteiger partial charge in [0.05, 0.1) is 25.8 Å². The Bertz CT molecular complexity index is 1030. The van der Waals surface area contributed by atoms with Gasteiger partial charge >= 0.3 is 0 Å². The van der Waals surface area contributed by atoms with Crippen LogP contribution in [0.4, 0.5) is 5.69 Å². The Morgan fingerprint density at radius 3 is 2.93 bits per heavy atom. The SMILES string of the molecule is COc1cccc([N+]2(CCCc3ccc4[nH]cc(C#N)c4c3)CCNCC2C)c1. The first-order valence-corrected chi connectivity index (χ1v) is 10.4. The molecule has 0 amide bonds. The number of benzene rings is 2. The summed E-state index contributed by atoms with van der Waals surface area (Å²) in [6.45, 7) is 6.58. The number of aryl methyl sites for hydroxylation is 1. The van der Waals surface area contributed by atoms with E-state index in [4.69, 9.17) is 4.74 Å². The summed E-state index contributed by atoms with van der Waals surface area (Å²) in [4.78, 5) is 3.17. The molecule has 0 spiro atoms. The molecule has 2 atom stereocenters. The zero-order chi connectivity index (χ0) is 20.3. The Kier molecular flexibility index (Phi) is 5.57. The topological polar surface area (TPSA) is 60.8 Å². The summed E-state index contributed by atoms with van der Waals surface area (Å²) in [5.74, 6) is 0.924. The van der Waals surface area contributed by atoms with Crippen molar-refractivity contribution in [3.63, 3.8) is 0 Å². The zero-order valence-electron chi connectivity index (χ0n) is 17.2. The van der Waals surface area contributed by atoms with Crippen LogP contribution < -0.4 is 14.5 Å². The van der Waals surface area contributed by atoms with Crippen molar-refractivity contribution < 1.29 is 4.74 Å². The average molecular weight is 390 g/mol. The van der Waals surface area contributed by atoms with Crippen molar-refractivity contribution in [3.05, 3.63) is 59.8 Å². The molecule has 2 N–H and O–H groups in total. The van der Waals surface area contributed by atoms with Gasteiger partial charge in [-0.25, -0.2) is 0 Å². The van der Waals surface area contributed by atoms with Crippen molar-refractivity contribution in [2.75, 3.05) is 33.3 Å². The van der Waals surface area contributed by atoms with Gasteiger partial charge in [0.25, 0.3) is 0 Å². The fourth-order valence-electron chi connectivity index (χ4n) is 4.70. The van der Waals surface area contributed by atoms with Crippen molar-refractivity contribution >= 4 is 16.6 Å². The van der Waals surface area contributed by atoms with Crippen molar-refractivity contribution in [1.29, 1.82) is 5.26 Å². The van der Waals surface area contributed by atoms with Gasteiger partial charge in [0.2, 0.25) is 0 Å². The van der Waals surface area contributed by atoms with E-state index in [1.165, 1.54) is 11.3 Å². The Morgan fingerprint density at radius 2 is 2.14 bits per heavy atom. The van der Waals surface area contributed by atoms with Crippen LogP contribution in [0.5, 0.6) is 5.75 Å². The number of hydrogen-bond acceptors (Lipinski definition) is 3. The molecule has 1 saturated heterocycles. The number of nitriles is 1. The van der Waals surface area contributed by atoms with Gasteiger partial charge in [0.1, 0.15) is 23.5 Å². The highest BCUT2D eigenvalue weighted by Crippen LogP contribution is 2.32. The quantitative estimate of drug-likeness (QED) is 0.627. The Hall–Kier alpha value is -2.81. The van der Waals surface area contributed by atoms with Crippen molar-refractivity contribution in [2.45, 2.75) is 25.8 Å². The molecule has 1 aliphatic heterocycles. The number of quaternary nitrogens is 1. The first kappa shape index (κ1) is 19.5. The van der Waals surface area contributed by atoms with Crippen molar-refractivity contribution in [2.24, 2.45) is 0 Å². The summed E-state index contributed by atoms with van der Waals surface area (Å²) < 4.78 is 6.49. The smallest absolute Gasteiger partial charge is 0.136 e. The van der Waals surface area contributed by atoms with E-state index < -0.39 is 0 Å². The molecule has 0 aliphatic carbocycles. The summed E-state index contributed by atoms with van der Waals surface area (Å²) in [6.07, 6.45) is 3.90. The van der Waals surface area contributed by atoms with Gasteiger partial charge in [-0.3, -0.25) is 4.48 Å². The molecule has 5 nitrogen and oxygen atoms in total. The lowest BCUT2D eigenvalue weighted by molar-refractivity contribution is 0.173. The molecule has 0 saturated carbocycles. The minimum absolute atomic E-state index is 0.508. The number of methoxy groups -OCH3 is 1. The third-order valence-corrected chi connectivity index (χ3v) is 6.43. The number of ether oxygens (including phenoxy) is 1. The number of H-pyrrole nitrogens is 1. The van der Waals surface area contributed by atoms with Crippen LogP contribution >= 0.6 is 0 Å². The minimum Gasteiger partial charge on any atom is -0.497 e. The monoisotopic (exact) mass is 389 g/mol. The van der Waals surface area contributed by atoms with Crippen molar-refractivity contribution in [3.8, 4) is 11.8 Å². The number of piperazine rings is 1. The molecule has 2 heterocycles. The first-order valence-electron chi connectivity index (χ1n) is 10.4. The molecule has 2 aromatic carbocycles. The number of nitrogens with zero attached hydrogens (tertiary/aromatic N) is 2. The number of nitrogens with one attached hydrogen (secondary N) is 2. The van der Waals surface area contributed by atoms with Crippen molar-refractivity contribution in [1.82, 2.24) is 14.8 Å². The zero-order valence-corrected chi connectivity index (χ0v) is 17.2. The lowest BCUT2D eigenvalue weighted by atomic mass is 10.0. The number of aromatic nitrogens is 1. The maximum Gasteiger partial charge on any atom is 0.136 e. The highest BCUT2D eigenvalue weighted by atomic mass is 16.5. The molecule has 0 radical (unpaired) electrons. The largest absolute Gasteiger partial charge is 0.497 e. The molecule has 1 aliphatic rings. The Balaban J connectivity index is 1.55. The van der Waals surface area contributed by atoms with Gasteiger partial charge in [0.15, 0.2) is 0 Å². The number of rotatable bonds is 6. The third kappa shape index (κ3) is 3.74. The van der Waals surface area contributed by atoms with Crippen LogP contribution in [-0.4, -0.2) is 44.3 Å². The van der Waals surface area contributed by atoms with Crippen LogP contribution in [0.3, 0.4) is 0 Å². The third-order valence-electron chi connectivity index (χ3n) is 6.43.